The Balaban J connectivity index is 1.37. The number of nitrogens with one attached hydrogen (secondary N) is 1. The number of carbonyl (C=O) groups excluding carboxylic acids is 1. The van der Waals surface area contributed by atoms with Crippen LogP contribution in [-0.2, 0) is 0 Å². The minimum atomic E-state index is -0.318. The van der Waals surface area contributed by atoms with E-state index in [0.29, 0.717) is 18.0 Å². The van der Waals surface area contributed by atoms with Gasteiger partial charge in [0.25, 0.3) is 5.91 Å². The van der Waals surface area contributed by atoms with Gasteiger partial charge in [0.1, 0.15) is 11.7 Å². The second-order valence-corrected chi connectivity index (χ2v) is 8.44. The van der Waals surface area contributed by atoms with E-state index in [-0.39, 0.29) is 23.7 Å². The first-order chi connectivity index (χ1) is 13.6. The van der Waals surface area contributed by atoms with E-state index in [1.54, 1.807) is 10.7 Å². The van der Waals surface area contributed by atoms with E-state index in [9.17, 15) is 4.79 Å². The molecule has 148 valence electrons. The van der Waals surface area contributed by atoms with Gasteiger partial charge >= 0.3 is 0 Å². The van der Waals surface area contributed by atoms with Crippen molar-refractivity contribution in [2.24, 2.45) is 22.0 Å². The maximum absolute atomic E-state index is 13.1. The Labute approximate surface area is 164 Å². The van der Waals surface area contributed by atoms with Gasteiger partial charge in [0.05, 0.1) is 29.9 Å². The third-order valence-electron chi connectivity index (χ3n) is 6.49. The lowest BCUT2D eigenvalue weighted by Crippen LogP contribution is -2.51. The summed E-state index contributed by atoms with van der Waals surface area (Å²) < 4.78 is 1.73. The van der Waals surface area contributed by atoms with Gasteiger partial charge in [-0.05, 0) is 43.7 Å². The van der Waals surface area contributed by atoms with Crippen molar-refractivity contribution in [3.8, 4) is 0 Å². The van der Waals surface area contributed by atoms with Crippen LogP contribution in [0.4, 0.5) is 0 Å². The number of hydrogen-bond acceptors (Lipinski definition) is 6. The van der Waals surface area contributed by atoms with Crippen molar-refractivity contribution in [2.45, 2.75) is 62.7 Å². The summed E-state index contributed by atoms with van der Waals surface area (Å²) >= 11 is 0. The zero-order chi connectivity index (χ0) is 19.1. The predicted molar refractivity (Wildman–Crippen MR) is 105 cm³/mol. The first-order valence-electron chi connectivity index (χ1n) is 10.3. The van der Waals surface area contributed by atoms with Crippen LogP contribution < -0.4 is 11.1 Å². The normalized spacial score (nSPS) is 25.2. The molecule has 0 radical (unpaired) electrons. The molecule has 1 amide bonds. The molecule has 3 heterocycles. The van der Waals surface area contributed by atoms with E-state index >= 15 is 0 Å². The number of nitrogens with two attached hydrogens (primary N) is 1. The van der Waals surface area contributed by atoms with Gasteiger partial charge in [0.2, 0.25) is 0 Å². The number of rotatable bonds is 5. The molecule has 3 aliphatic rings. The monoisotopic (exact) mass is 381 g/mol. The molecule has 2 aliphatic carbocycles. The highest BCUT2D eigenvalue weighted by molar-refractivity contribution is 6.00. The molecular formula is C20H27N7O. The summed E-state index contributed by atoms with van der Waals surface area (Å²) in [7, 11) is 0. The highest BCUT2D eigenvalue weighted by atomic mass is 16.1. The van der Waals surface area contributed by atoms with E-state index in [2.05, 4.69) is 20.8 Å². The summed E-state index contributed by atoms with van der Waals surface area (Å²) in [5.41, 5.74) is 7.41. The highest BCUT2D eigenvalue weighted by Gasteiger charge is 2.48. The third kappa shape index (κ3) is 3.15. The Kier molecular flexibility index (Phi) is 4.30. The summed E-state index contributed by atoms with van der Waals surface area (Å²) in [5, 5.41) is 18.4. The summed E-state index contributed by atoms with van der Waals surface area (Å²) in [6.45, 7) is 0.687. The van der Waals surface area contributed by atoms with Crippen molar-refractivity contribution in [1.29, 1.82) is 0 Å². The molecule has 5 rings (SSSR count). The molecule has 2 saturated carbocycles. The van der Waals surface area contributed by atoms with Crippen LogP contribution in [0.25, 0.3) is 5.52 Å². The molecular weight excluding hydrogens is 354 g/mol. The zero-order valence-electron chi connectivity index (χ0n) is 16.0. The Morgan fingerprint density at radius 2 is 2.07 bits per heavy atom. The topological polar surface area (TPSA) is 100 Å². The first kappa shape index (κ1) is 17.6. The van der Waals surface area contributed by atoms with Gasteiger partial charge in [-0.1, -0.05) is 30.6 Å². The minimum absolute atomic E-state index is 0.0254. The van der Waals surface area contributed by atoms with Crippen LogP contribution in [0.15, 0.2) is 40.9 Å². The third-order valence-corrected chi connectivity index (χ3v) is 6.49. The van der Waals surface area contributed by atoms with Crippen molar-refractivity contribution >= 4 is 11.4 Å². The fourth-order valence-electron chi connectivity index (χ4n) is 4.58. The van der Waals surface area contributed by atoms with Crippen LogP contribution in [0.1, 0.15) is 55.3 Å². The highest BCUT2D eigenvalue weighted by Crippen LogP contribution is 2.39. The molecule has 8 heteroatoms. The van der Waals surface area contributed by atoms with Crippen molar-refractivity contribution in [3.63, 3.8) is 0 Å². The van der Waals surface area contributed by atoms with Gasteiger partial charge in [-0.2, -0.15) is 10.2 Å². The Morgan fingerprint density at radius 3 is 2.86 bits per heavy atom. The summed E-state index contributed by atoms with van der Waals surface area (Å²) in [6, 6.07) is 5.67. The van der Waals surface area contributed by atoms with Gasteiger partial charge < -0.3 is 11.1 Å². The quantitative estimate of drug-likeness (QED) is 0.831. The Morgan fingerprint density at radius 1 is 1.25 bits per heavy atom. The van der Waals surface area contributed by atoms with Gasteiger partial charge in [0.15, 0.2) is 0 Å². The van der Waals surface area contributed by atoms with Gasteiger partial charge in [-0.3, -0.25) is 9.80 Å². The number of carbonyl (C=O) groups is 1. The lowest BCUT2D eigenvalue weighted by molar-refractivity contribution is 0.0898. The van der Waals surface area contributed by atoms with Gasteiger partial charge in [-0.25, -0.2) is 4.52 Å². The molecule has 3 N–H and O–H groups in total. The minimum Gasteiger partial charge on any atom is -0.347 e. The number of nitrogens with zero attached hydrogens (tertiary/aromatic N) is 5. The maximum atomic E-state index is 13.1. The number of amides is 1. The molecule has 2 atom stereocenters. The fraction of sp³-hybridized carbons (Fsp3) is 0.600. The molecule has 28 heavy (non-hydrogen) atoms. The first-order valence-corrected chi connectivity index (χ1v) is 10.3. The van der Waals surface area contributed by atoms with Crippen molar-refractivity contribution < 1.29 is 4.79 Å². The lowest BCUT2D eigenvalue weighted by atomic mass is 9.81. The second-order valence-electron chi connectivity index (χ2n) is 8.44. The van der Waals surface area contributed by atoms with Crippen LogP contribution in [-0.4, -0.2) is 44.8 Å². The SMILES string of the molecule is NC1(N2CC([C@@H](NC(=O)c3cnn4ccccc34)C3CCCCC3)N=N2)CC1. The van der Waals surface area contributed by atoms with E-state index in [4.69, 9.17) is 5.73 Å². The molecule has 2 aromatic heterocycles. The summed E-state index contributed by atoms with van der Waals surface area (Å²) in [4.78, 5) is 13.1. The number of pyridine rings is 1. The molecule has 0 spiro atoms. The van der Waals surface area contributed by atoms with Crippen LogP contribution in [0, 0.1) is 5.92 Å². The lowest BCUT2D eigenvalue weighted by Gasteiger charge is -2.33. The summed E-state index contributed by atoms with van der Waals surface area (Å²) in [5.74, 6) is 0.343. The molecule has 0 saturated heterocycles. The molecule has 1 unspecified atom stereocenters. The average Bonchev–Trinajstić information content (AvgIpc) is 3.13. The molecule has 0 aromatic carbocycles. The zero-order valence-corrected chi connectivity index (χ0v) is 16.0. The van der Waals surface area contributed by atoms with Crippen LogP contribution >= 0.6 is 0 Å². The number of fused-ring (bicyclic) bond motifs is 1. The molecule has 1 aliphatic heterocycles. The fourth-order valence-corrected chi connectivity index (χ4v) is 4.58. The van der Waals surface area contributed by atoms with Crippen LogP contribution in [0.5, 0.6) is 0 Å². The van der Waals surface area contributed by atoms with Crippen molar-refractivity contribution in [2.75, 3.05) is 6.54 Å². The molecule has 2 fully saturated rings. The van der Waals surface area contributed by atoms with Crippen LogP contribution in [0.3, 0.4) is 0 Å². The summed E-state index contributed by atoms with van der Waals surface area (Å²) in [6.07, 6.45) is 11.4. The Bertz CT molecular complexity index is 897. The predicted octanol–water partition coefficient (Wildman–Crippen LogP) is 2.51. The maximum Gasteiger partial charge on any atom is 0.255 e. The Hall–Kier alpha value is -2.48. The largest absolute Gasteiger partial charge is 0.347 e. The number of hydrogen-bond donors (Lipinski definition) is 2. The van der Waals surface area contributed by atoms with Gasteiger partial charge in [-0.15, -0.1) is 0 Å². The van der Waals surface area contributed by atoms with E-state index in [0.717, 1.165) is 31.2 Å². The number of aromatic nitrogens is 2. The average molecular weight is 381 g/mol. The van der Waals surface area contributed by atoms with Crippen LogP contribution in [0.2, 0.25) is 0 Å². The van der Waals surface area contributed by atoms with E-state index in [1.807, 2.05) is 29.4 Å². The standard InChI is InChI=1S/C20H27N7O/c21-20(9-10-20)27-13-16(24-25-27)18(14-6-2-1-3-7-14)23-19(28)15-12-22-26-11-5-4-8-17(15)26/h4-5,8,11-12,14,16,18H,1-3,6-7,9-10,13,21H2,(H,23,28)/t16?,18-/m0/s1. The second kappa shape index (κ2) is 6.84. The molecule has 2 aromatic rings. The van der Waals surface area contributed by atoms with Gasteiger partial charge in [0, 0.05) is 6.20 Å². The smallest absolute Gasteiger partial charge is 0.255 e. The van der Waals surface area contributed by atoms with Crippen molar-refractivity contribution in [3.05, 3.63) is 36.2 Å². The van der Waals surface area contributed by atoms with E-state index < -0.39 is 0 Å². The molecule has 0 bridgehead atoms. The van der Waals surface area contributed by atoms with E-state index in [1.165, 1.54) is 19.3 Å². The molecule has 8 nitrogen and oxygen atoms in total. The van der Waals surface area contributed by atoms with Crippen molar-refractivity contribution in [1.82, 2.24) is 19.9 Å².